The van der Waals surface area contributed by atoms with Crippen molar-refractivity contribution in [2.45, 2.75) is 36.9 Å². The van der Waals surface area contributed by atoms with Gasteiger partial charge in [-0.1, -0.05) is 42.0 Å². The fraction of sp³-hybridized carbons (Fsp3) is 0.269. The molecule has 1 amide bonds. The Morgan fingerprint density at radius 1 is 0.943 bits per heavy atom. The van der Waals surface area contributed by atoms with Crippen molar-refractivity contribution in [3.8, 4) is 11.5 Å². The largest absolute Gasteiger partial charge is 0.453 e. The van der Waals surface area contributed by atoms with Crippen LogP contribution in [0.15, 0.2) is 77.7 Å². The van der Waals surface area contributed by atoms with E-state index in [4.69, 9.17) is 4.74 Å². The molecule has 9 heteroatoms. The number of nitrogens with one attached hydrogen (secondary N) is 1. The lowest BCUT2D eigenvalue weighted by Crippen LogP contribution is -2.65. The van der Waals surface area contributed by atoms with Crippen LogP contribution in [-0.2, 0) is 14.8 Å². The third-order valence-electron chi connectivity index (χ3n) is 6.52. The maximum Gasteiger partial charge on any atom is 0.240 e. The van der Waals surface area contributed by atoms with Gasteiger partial charge in [0.15, 0.2) is 11.5 Å². The third-order valence-corrected chi connectivity index (χ3v) is 8.02. The highest BCUT2D eigenvalue weighted by molar-refractivity contribution is 7.89. The number of amides is 1. The number of likely N-dealkylation sites (tertiary alicyclic amines) is 1. The number of carbonyl (C=O) groups is 1. The van der Waals surface area contributed by atoms with E-state index in [2.05, 4.69) is 4.72 Å². The lowest BCUT2D eigenvalue weighted by molar-refractivity contribution is -0.132. The Kier molecular flexibility index (Phi) is 6.00. The Morgan fingerprint density at radius 3 is 2.09 bits per heavy atom. The van der Waals surface area contributed by atoms with E-state index in [-0.39, 0.29) is 23.9 Å². The van der Waals surface area contributed by atoms with Crippen molar-refractivity contribution in [2.24, 2.45) is 0 Å². The van der Waals surface area contributed by atoms with Gasteiger partial charge in [0.05, 0.1) is 34.5 Å². The number of hydrogen-bond acceptors (Lipinski definition) is 6. The predicted octanol–water partition coefficient (Wildman–Crippen LogP) is 3.18. The molecule has 1 saturated heterocycles. The van der Waals surface area contributed by atoms with E-state index in [0.717, 1.165) is 16.9 Å². The molecule has 0 bridgehead atoms. The molecule has 3 aromatic carbocycles. The Bertz CT molecular complexity index is 1310. The SMILES string of the molecule is CC(=O)N1C[C@@H](NS(=O)(=O)c2ccc(C)cc2)[C@H](O)[C@@H](N2c3ccccc3Oc3ccccc32)C1. The van der Waals surface area contributed by atoms with Gasteiger partial charge in [0, 0.05) is 20.0 Å². The number of aliphatic hydroxyl groups excluding tert-OH is 1. The van der Waals surface area contributed by atoms with Gasteiger partial charge >= 0.3 is 0 Å². The van der Waals surface area contributed by atoms with Gasteiger partial charge in [-0.3, -0.25) is 4.79 Å². The number of hydrogen-bond donors (Lipinski definition) is 2. The number of ether oxygens (including phenoxy) is 1. The number of benzene rings is 3. The number of piperidine rings is 1. The molecule has 2 aliphatic heterocycles. The van der Waals surface area contributed by atoms with Crippen molar-refractivity contribution < 1.29 is 23.1 Å². The van der Waals surface area contributed by atoms with Crippen LogP contribution in [0.3, 0.4) is 0 Å². The van der Waals surface area contributed by atoms with Gasteiger partial charge in [0.1, 0.15) is 0 Å². The lowest BCUT2D eigenvalue weighted by atomic mass is 9.94. The average molecular weight is 494 g/mol. The van der Waals surface area contributed by atoms with Crippen molar-refractivity contribution in [1.82, 2.24) is 9.62 Å². The van der Waals surface area contributed by atoms with Gasteiger partial charge in [-0.05, 0) is 43.3 Å². The monoisotopic (exact) mass is 493 g/mol. The van der Waals surface area contributed by atoms with Crippen molar-refractivity contribution in [3.63, 3.8) is 0 Å². The average Bonchev–Trinajstić information content (AvgIpc) is 2.84. The van der Waals surface area contributed by atoms with Gasteiger partial charge in [0.2, 0.25) is 15.9 Å². The first-order valence-electron chi connectivity index (χ1n) is 11.4. The van der Waals surface area contributed by atoms with Crippen molar-refractivity contribution in [3.05, 3.63) is 78.4 Å². The maximum atomic E-state index is 13.2. The molecule has 0 spiro atoms. The molecule has 2 aliphatic rings. The fourth-order valence-electron chi connectivity index (χ4n) is 4.70. The second kappa shape index (κ2) is 8.99. The number of para-hydroxylation sites is 4. The molecule has 0 unspecified atom stereocenters. The van der Waals surface area contributed by atoms with E-state index in [1.165, 1.54) is 19.1 Å². The highest BCUT2D eigenvalue weighted by atomic mass is 32.2. The number of aryl methyl sites for hydroxylation is 1. The molecule has 35 heavy (non-hydrogen) atoms. The van der Waals surface area contributed by atoms with E-state index in [1.54, 1.807) is 17.0 Å². The van der Waals surface area contributed by atoms with E-state index in [1.807, 2.05) is 60.4 Å². The molecule has 182 valence electrons. The second-order valence-corrected chi connectivity index (χ2v) is 10.6. The molecular weight excluding hydrogens is 466 g/mol. The number of anilines is 2. The van der Waals surface area contributed by atoms with Gasteiger partial charge in [-0.25, -0.2) is 13.1 Å². The van der Waals surface area contributed by atoms with Crippen molar-refractivity contribution in [1.29, 1.82) is 0 Å². The highest BCUT2D eigenvalue weighted by Gasteiger charge is 2.44. The number of rotatable bonds is 4. The molecule has 5 rings (SSSR count). The number of carbonyl (C=O) groups excluding carboxylic acids is 1. The van der Waals surface area contributed by atoms with Crippen LogP contribution >= 0.6 is 0 Å². The van der Waals surface area contributed by atoms with Crippen LogP contribution in [0.1, 0.15) is 12.5 Å². The number of nitrogens with zero attached hydrogens (tertiary/aromatic N) is 2. The molecule has 3 atom stereocenters. The molecule has 0 saturated carbocycles. The molecule has 8 nitrogen and oxygen atoms in total. The minimum atomic E-state index is -3.93. The summed E-state index contributed by atoms with van der Waals surface area (Å²) in [6.45, 7) is 3.61. The van der Waals surface area contributed by atoms with Crippen LogP contribution in [0.5, 0.6) is 11.5 Å². The number of aliphatic hydroxyl groups is 1. The molecule has 0 radical (unpaired) electrons. The molecule has 0 aliphatic carbocycles. The normalized spacial score (nSPS) is 21.6. The molecule has 2 N–H and O–H groups in total. The standard InChI is InChI=1S/C26H27N3O5S/c1-17-11-13-19(14-12-17)35(32,33)27-20-15-28(18(2)30)16-23(26(20)31)29-21-7-3-5-9-24(21)34-25-10-6-4-8-22(25)29/h3-14,20,23,26-27,31H,15-16H2,1-2H3/t20-,23+,26+/m1/s1. The second-order valence-electron chi connectivity index (χ2n) is 8.93. The summed E-state index contributed by atoms with van der Waals surface area (Å²) in [6.07, 6.45) is -1.11. The van der Waals surface area contributed by atoms with Crippen LogP contribution in [0.2, 0.25) is 0 Å². The highest BCUT2D eigenvalue weighted by Crippen LogP contribution is 2.48. The summed E-state index contributed by atoms with van der Waals surface area (Å²) in [5.41, 5.74) is 2.41. The summed E-state index contributed by atoms with van der Waals surface area (Å²) in [7, 11) is -3.93. The minimum Gasteiger partial charge on any atom is -0.453 e. The molecule has 3 aromatic rings. The Labute approximate surface area is 204 Å². The third kappa shape index (κ3) is 4.38. The molecule has 0 aromatic heterocycles. The van der Waals surface area contributed by atoms with Crippen LogP contribution in [-0.4, -0.2) is 55.6 Å². The Morgan fingerprint density at radius 2 is 1.51 bits per heavy atom. The summed E-state index contributed by atoms with van der Waals surface area (Å²) in [5, 5.41) is 11.5. The first-order chi connectivity index (χ1) is 16.7. The first-order valence-corrected chi connectivity index (χ1v) is 12.9. The summed E-state index contributed by atoms with van der Waals surface area (Å²) in [5.74, 6) is 1.04. The zero-order chi connectivity index (χ0) is 24.7. The van der Waals surface area contributed by atoms with Crippen LogP contribution in [0, 0.1) is 6.92 Å². The van der Waals surface area contributed by atoms with E-state index in [9.17, 15) is 18.3 Å². The lowest BCUT2D eigenvalue weighted by Gasteiger charge is -2.47. The Balaban J connectivity index is 1.54. The minimum absolute atomic E-state index is 0.0612. The van der Waals surface area contributed by atoms with Crippen LogP contribution in [0.4, 0.5) is 11.4 Å². The van der Waals surface area contributed by atoms with Gasteiger partial charge in [-0.2, -0.15) is 0 Å². The number of fused-ring (bicyclic) bond motifs is 2. The fourth-order valence-corrected chi connectivity index (χ4v) is 5.94. The zero-order valence-corrected chi connectivity index (χ0v) is 20.3. The van der Waals surface area contributed by atoms with Gasteiger partial charge in [-0.15, -0.1) is 0 Å². The first kappa shape index (κ1) is 23.3. The van der Waals surface area contributed by atoms with Crippen LogP contribution in [0.25, 0.3) is 0 Å². The predicted molar refractivity (Wildman–Crippen MR) is 132 cm³/mol. The smallest absolute Gasteiger partial charge is 0.240 e. The maximum absolute atomic E-state index is 13.2. The Hall–Kier alpha value is -3.40. The van der Waals surface area contributed by atoms with Crippen LogP contribution < -0.4 is 14.4 Å². The topological polar surface area (TPSA) is 99.2 Å². The quantitative estimate of drug-likeness (QED) is 0.579. The summed E-state index contributed by atoms with van der Waals surface area (Å²) in [6, 6.07) is 19.9. The van der Waals surface area contributed by atoms with E-state index >= 15 is 0 Å². The van der Waals surface area contributed by atoms with Crippen molar-refractivity contribution >= 4 is 27.3 Å². The molecule has 2 heterocycles. The summed E-state index contributed by atoms with van der Waals surface area (Å²) in [4.78, 5) is 16.1. The van der Waals surface area contributed by atoms with Gasteiger partial charge in [0.25, 0.3) is 0 Å². The summed E-state index contributed by atoms with van der Waals surface area (Å²) >= 11 is 0. The zero-order valence-electron chi connectivity index (χ0n) is 19.5. The van der Waals surface area contributed by atoms with E-state index < -0.39 is 28.2 Å². The van der Waals surface area contributed by atoms with Crippen molar-refractivity contribution in [2.75, 3.05) is 18.0 Å². The van der Waals surface area contributed by atoms with E-state index in [0.29, 0.717) is 11.5 Å². The summed E-state index contributed by atoms with van der Waals surface area (Å²) < 4.78 is 35.0. The number of sulfonamides is 1. The molecular formula is C26H27N3O5S. The van der Waals surface area contributed by atoms with Gasteiger partial charge < -0.3 is 19.6 Å². The molecule has 1 fully saturated rings.